The second-order valence-electron chi connectivity index (χ2n) is 6.87. The van der Waals surface area contributed by atoms with E-state index in [1.54, 1.807) is 23.1 Å². The normalized spacial score (nSPS) is 19.9. The van der Waals surface area contributed by atoms with Gasteiger partial charge in [0.05, 0.1) is 17.3 Å². The summed E-state index contributed by atoms with van der Waals surface area (Å²) < 4.78 is 0. The van der Waals surface area contributed by atoms with Gasteiger partial charge in [-0.05, 0) is 29.8 Å². The minimum absolute atomic E-state index is 0.0124. The molecule has 0 unspecified atom stereocenters. The van der Waals surface area contributed by atoms with Gasteiger partial charge >= 0.3 is 0 Å². The summed E-state index contributed by atoms with van der Waals surface area (Å²) in [4.78, 5) is 15.2. The van der Waals surface area contributed by atoms with Crippen molar-refractivity contribution in [1.82, 2.24) is 0 Å². The van der Waals surface area contributed by atoms with Crippen LogP contribution in [0.4, 0.5) is 5.69 Å². The molecule has 3 rings (SSSR count). The van der Waals surface area contributed by atoms with Crippen LogP contribution in [0.1, 0.15) is 5.56 Å². The summed E-state index contributed by atoms with van der Waals surface area (Å²) >= 11 is 12.0. The van der Waals surface area contributed by atoms with Gasteiger partial charge in [0.25, 0.3) is 5.91 Å². The highest BCUT2D eigenvalue weighted by Crippen LogP contribution is 2.25. The number of carbonyl (C=O) groups excluding carboxylic acids is 1. The largest absolute Gasteiger partial charge is 0.322 e. The summed E-state index contributed by atoms with van der Waals surface area (Å²) in [6, 6.07) is 15.4. The van der Waals surface area contributed by atoms with Crippen LogP contribution >= 0.6 is 23.2 Å². The first-order valence-corrected chi connectivity index (χ1v) is 9.99. The van der Waals surface area contributed by atoms with Crippen molar-refractivity contribution in [3.05, 3.63) is 70.2 Å². The lowest BCUT2D eigenvalue weighted by atomic mass is 10.2. The van der Waals surface area contributed by atoms with Gasteiger partial charge in [0.1, 0.15) is 26.2 Å². The first-order chi connectivity index (χ1) is 13.1. The Bertz CT molecular complexity index is 787. The van der Waals surface area contributed by atoms with Crippen molar-refractivity contribution in [2.75, 3.05) is 44.6 Å². The lowest BCUT2D eigenvalue weighted by molar-refractivity contribution is -1.01. The maximum atomic E-state index is 12.3. The molecule has 0 aliphatic carbocycles. The van der Waals surface area contributed by atoms with Crippen molar-refractivity contribution in [3.63, 3.8) is 0 Å². The van der Waals surface area contributed by atoms with Crippen LogP contribution in [0, 0.1) is 0 Å². The smallest absolute Gasteiger partial charge is 0.279 e. The van der Waals surface area contributed by atoms with Crippen molar-refractivity contribution >= 4 is 40.9 Å². The molecule has 0 bridgehead atoms. The molecule has 0 aromatic heterocycles. The van der Waals surface area contributed by atoms with E-state index < -0.39 is 0 Å². The van der Waals surface area contributed by atoms with Gasteiger partial charge in [-0.15, -0.1) is 0 Å². The lowest BCUT2D eigenvalue weighted by Crippen LogP contribution is -3.28. The monoisotopic (exact) mass is 405 g/mol. The van der Waals surface area contributed by atoms with Crippen molar-refractivity contribution in [2.24, 2.45) is 0 Å². The molecule has 142 valence electrons. The zero-order chi connectivity index (χ0) is 19.1. The van der Waals surface area contributed by atoms with E-state index >= 15 is 0 Å². The Morgan fingerprint density at radius 1 is 1.00 bits per heavy atom. The second-order valence-corrected chi connectivity index (χ2v) is 7.71. The minimum atomic E-state index is -0.0124. The third-order valence-corrected chi connectivity index (χ3v) is 5.34. The highest BCUT2D eigenvalue weighted by atomic mass is 35.5. The predicted octanol–water partition coefficient (Wildman–Crippen LogP) is 1.43. The zero-order valence-electron chi connectivity index (χ0n) is 15.2. The van der Waals surface area contributed by atoms with Crippen LogP contribution in [0.15, 0.2) is 54.6 Å². The van der Waals surface area contributed by atoms with Gasteiger partial charge < -0.3 is 15.1 Å². The highest BCUT2D eigenvalue weighted by Gasteiger charge is 2.24. The molecule has 0 spiro atoms. The number of halogens is 2. The summed E-state index contributed by atoms with van der Waals surface area (Å²) in [6.07, 6.45) is 4.42. The number of benzene rings is 2. The van der Waals surface area contributed by atoms with Gasteiger partial charge in [-0.25, -0.2) is 0 Å². The number of hydrogen-bond acceptors (Lipinski definition) is 1. The molecule has 1 fully saturated rings. The molecular formula is C21H25Cl2N3O+2. The van der Waals surface area contributed by atoms with Crippen molar-refractivity contribution < 1.29 is 14.6 Å². The Balaban J connectivity index is 1.40. The maximum Gasteiger partial charge on any atom is 0.279 e. The van der Waals surface area contributed by atoms with E-state index in [2.05, 4.69) is 41.7 Å². The summed E-state index contributed by atoms with van der Waals surface area (Å²) in [7, 11) is 0. The van der Waals surface area contributed by atoms with Crippen molar-refractivity contribution in [3.8, 4) is 0 Å². The summed E-state index contributed by atoms with van der Waals surface area (Å²) in [6.45, 7) is 5.63. The zero-order valence-corrected chi connectivity index (χ0v) is 16.7. The first kappa shape index (κ1) is 19.9. The lowest BCUT2D eigenvalue weighted by Gasteiger charge is -2.28. The van der Waals surface area contributed by atoms with Gasteiger partial charge in [0, 0.05) is 5.02 Å². The molecule has 0 radical (unpaired) electrons. The summed E-state index contributed by atoms with van der Waals surface area (Å²) in [5, 5.41) is 3.90. The van der Waals surface area contributed by atoms with Gasteiger partial charge in [-0.1, -0.05) is 59.6 Å². The fourth-order valence-electron chi connectivity index (χ4n) is 3.28. The quantitative estimate of drug-likeness (QED) is 0.667. The second kappa shape index (κ2) is 9.90. The molecule has 6 heteroatoms. The van der Waals surface area contributed by atoms with Crippen LogP contribution in [-0.2, 0) is 4.79 Å². The summed E-state index contributed by atoms with van der Waals surface area (Å²) in [5.74, 6) is -0.0124. The van der Waals surface area contributed by atoms with Crippen LogP contribution in [-0.4, -0.2) is 45.2 Å². The molecule has 1 aliphatic rings. The molecule has 2 aromatic rings. The van der Waals surface area contributed by atoms with Crippen LogP contribution in [0.2, 0.25) is 10.0 Å². The molecule has 1 heterocycles. The highest BCUT2D eigenvalue weighted by molar-refractivity contribution is 6.36. The Labute approximate surface area is 170 Å². The van der Waals surface area contributed by atoms with Crippen molar-refractivity contribution in [1.29, 1.82) is 0 Å². The Morgan fingerprint density at radius 3 is 2.41 bits per heavy atom. The summed E-state index contributed by atoms with van der Waals surface area (Å²) in [5.41, 5.74) is 1.85. The molecule has 27 heavy (non-hydrogen) atoms. The fourth-order valence-corrected chi connectivity index (χ4v) is 3.73. The molecule has 1 saturated heterocycles. The van der Waals surface area contributed by atoms with E-state index in [0.717, 1.165) is 32.7 Å². The third kappa shape index (κ3) is 6.36. The van der Waals surface area contributed by atoms with E-state index in [9.17, 15) is 4.79 Å². The maximum absolute atomic E-state index is 12.3. The number of carbonyl (C=O) groups is 1. The number of rotatable bonds is 6. The molecule has 2 aromatic carbocycles. The van der Waals surface area contributed by atoms with E-state index in [-0.39, 0.29) is 5.91 Å². The average molecular weight is 406 g/mol. The first-order valence-electron chi connectivity index (χ1n) is 9.24. The third-order valence-electron chi connectivity index (χ3n) is 4.80. The molecule has 0 atom stereocenters. The van der Waals surface area contributed by atoms with Gasteiger partial charge in [-0.2, -0.15) is 0 Å². The van der Waals surface area contributed by atoms with Crippen LogP contribution < -0.4 is 15.1 Å². The molecular weight excluding hydrogens is 381 g/mol. The minimum Gasteiger partial charge on any atom is -0.322 e. The predicted molar refractivity (Wildman–Crippen MR) is 112 cm³/mol. The number of anilines is 1. The van der Waals surface area contributed by atoms with Crippen LogP contribution in [0.3, 0.4) is 0 Å². The fraction of sp³-hybridized carbons (Fsp3) is 0.286. The molecule has 1 amide bonds. The van der Waals surface area contributed by atoms with E-state index in [4.69, 9.17) is 23.2 Å². The Hall–Kier alpha value is -1.85. The SMILES string of the molecule is O=C(C[NH+]1CC[NH+](C/C=C/c2ccccc2)CC1)Nc1ccc(Cl)cc1Cl. The van der Waals surface area contributed by atoms with Gasteiger partial charge in [0.15, 0.2) is 6.54 Å². The number of amides is 1. The van der Waals surface area contributed by atoms with E-state index in [1.165, 1.54) is 10.5 Å². The topological polar surface area (TPSA) is 38.0 Å². The number of piperazine rings is 1. The van der Waals surface area contributed by atoms with E-state index in [1.807, 2.05) is 6.07 Å². The number of quaternary nitrogens is 2. The molecule has 1 aliphatic heterocycles. The Morgan fingerprint density at radius 2 is 1.70 bits per heavy atom. The van der Waals surface area contributed by atoms with Crippen molar-refractivity contribution in [2.45, 2.75) is 0 Å². The number of nitrogens with one attached hydrogen (secondary N) is 3. The van der Waals surface area contributed by atoms with E-state index in [0.29, 0.717) is 22.3 Å². The van der Waals surface area contributed by atoms with Gasteiger partial charge in [0.2, 0.25) is 0 Å². The molecule has 0 saturated carbocycles. The standard InChI is InChI=1S/C21H23Cl2N3O/c22-18-8-9-20(19(23)15-18)24-21(27)16-26-13-11-25(12-14-26)10-4-7-17-5-2-1-3-6-17/h1-9,15H,10-14,16H2,(H,24,27)/p+2/b7-4+. The van der Waals surface area contributed by atoms with Crippen LogP contribution in [0.5, 0.6) is 0 Å². The Kier molecular flexibility index (Phi) is 7.30. The van der Waals surface area contributed by atoms with Crippen LogP contribution in [0.25, 0.3) is 6.08 Å². The molecule has 4 nitrogen and oxygen atoms in total. The molecule has 3 N–H and O–H groups in total. The number of hydrogen-bond donors (Lipinski definition) is 3. The average Bonchev–Trinajstić information content (AvgIpc) is 2.66. The van der Waals surface area contributed by atoms with Gasteiger partial charge in [-0.3, -0.25) is 4.79 Å².